The van der Waals surface area contributed by atoms with E-state index in [1.807, 2.05) is 38.0 Å². The number of anilines is 2. The van der Waals surface area contributed by atoms with E-state index in [2.05, 4.69) is 9.88 Å². The number of amides is 1. The summed E-state index contributed by atoms with van der Waals surface area (Å²) in [6.45, 7) is 1.71. The van der Waals surface area contributed by atoms with Gasteiger partial charge in [0.05, 0.1) is 0 Å². The van der Waals surface area contributed by atoms with E-state index in [9.17, 15) is 4.79 Å². The number of carbonyl (C=O) groups excluding carboxylic acids is 1. The van der Waals surface area contributed by atoms with Crippen molar-refractivity contribution in [1.82, 2.24) is 14.8 Å². The number of hydrogen-bond acceptors (Lipinski definition) is 6. The molecule has 1 amide bonds. The standard InChI is InChI=1S/C13H23N5OS/c1-16(2)8-9-6-5-7-18(9)12(19)10-11(14)15-13(20-10)17(3)4/h9H,5-8,14H2,1-4H3. The summed E-state index contributed by atoms with van der Waals surface area (Å²) >= 11 is 1.37. The van der Waals surface area contributed by atoms with Gasteiger partial charge in [0.15, 0.2) is 5.13 Å². The smallest absolute Gasteiger partial charge is 0.268 e. The molecule has 1 fully saturated rings. The Morgan fingerprint density at radius 3 is 2.70 bits per heavy atom. The van der Waals surface area contributed by atoms with Crippen molar-refractivity contribution in [3.8, 4) is 0 Å². The fraction of sp³-hybridized carbons (Fsp3) is 0.692. The number of hydrogen-bond donors (Lipinski definition) is 1. The number of nitrogens with zero attached hydrogens (tertiary/aromatic N) is 4. The van der Waals surface area contributed by atoms with Gasteiger partial charge in [0, 0.05) is 33.2 Å². The Labute approximate surface area is 124 Å². The zero-order valence-electron chi connectivity index (χ0n) is 12.6. The van der Waals surface area contributed by atoms with Crippen LogP contribution in [-0.2, 0) is 0 Å². The highest BCUT2D eigenvalue weighted by molar-refractivity contribution is 7.18. The quantitative estimate of drug-likeness (QED) is 0.896. The molecule has 7 heteroatoms. The Balaban J connectivity index is 2.18. The van der Waals surface area contributed by atoms with Crippen molar-refractivity contribution in [2.24, 2.45) is 0 Å². The lowest BCUT2D eigenvalue weighted by Crippen LogP contribution is -2.41. The van der Waals surface area contributed by atoms with E-state index in [1.54, 1.807) is 0 Å². The topological polar surface area (TPSA) is 65.7 Å². The molecule has 2 rings (SSSR count). The molecule has 0 aliphatic carbocycles. The van der Waals surface area contributed by atoms with Gasteiger partial charge in [-0.15, -0.1) is 0 Å². The Morgan fingerprint density at radius 2 is 2.15 bits per heavy atom. The van der Waals surface area contributed by atoms with Gasteiger partial charge in [0.25, 0.3) is 5.91 Å². The van der Waals surface area contributed by atoms with Crippen molar-refractivity contribution >= 4 is 28.2 Å². The van der Waals surface area contributed by atoms with Crippen molar-refractivity contribution in [3.05, 3.63) is 4.88 Å². The summed E-state index contributed by atoms with van der Waals surface area (Å²) in [7, 11) is 7.87. The summed E-state index contributed by atoms with van der Waals surface area (Å²) in [5.41, 5.74) is 5.91. The predicted molar refractivity (Wildman–Crippen MR) is 83.5 cm³/mol. The Morgan fingerprint density at radius 1 is 1.45 bits per heavy atom. The highest BCUT2D eigenvalue weighted by Crippen LogP contribution is 2.30. The number of nitrogens with two attached hydrogens (primary N) is 1. The molecule has 1 saturated heterocycles. The van der Waals surface area contributed by atoms with Crippen LogP contribution in [0.15, 0.2) is 0 Å². The van der Waals surface area contributed by atoms with Crippen LogP contribution in [0.4, 0.5) is 10.9 Å². The largest absolute Gasteiger partial charge is 0.382 e. The minimum absolute atomic E-state index is 0.0254. The number of nitrogen functional groups attached to an aromatic ring is 1. The summed E-state index contributed by atoms with van der Waals surface area (Å²) in [6, 6.07) is 0.279. The van der Waals surface area contributed by atoms with E-state index in [4.69, 9.17) is 5.73 Å². The Bertz CT molecular complexity index is 485. The summed E-state index contributed by atoms with van der Waals surface area (Å²) in [4.78, 5) is 23.4. The molecule has 2 heterocycles. The molecule has 1 aliphatic rings. The average Bonchev–Trinajstić information content (AvgIpc) is 2.94. The van der Waals surface area contributed by atoms with E-state index in [0.29, 0.717) is 10.7 Å². The van der Waals surface area contributed by atoms with Gasteiger partial charge in [-0.2, -0.15) is 0 Å². The minimum Gasteiger partial charge on any atom is -0.382 e. The monoisotopic (exact) mass is 297 g/mol. The molecule has 1 unspecified atom stereocenters. The number of aromatic nitrogens is 1. The summed E-state index contributed by atoms with van der Waals surface area (Å²) in [5.74, 6) is 0.372. The van der Waals surface area contributed by atoms with Crippen LogP contribution in [0.5, 0.6) is 0 Å². The van der Waals surface area contributed by atoms with Gasteiger partial charge in [-0.1, -0.05) is 11.3 Å². The molecule has 1 aromatic rings. The molecule has 6 nitrogen and oxygen atoms in total. The van der Waals surface area contributed by atoms with Crippen LogP contribution in [0, 0.1) is 0 Å². The van der Waals surface area contributed by atoms with Crippen LogP contribution in [0.1, 0.15) is 22.5 Å². The number of thiazole rings is 1. The van der Waals surface area contributed by atoms with Crippen LogP contribution in [0.3, 0.4) is 0 Å². The second-order valence-corrected chi connectivity index (χ2v) is 6.64. The fourth-order valence-corrected chi connectivity index (χ4v) is 3.37. The third kappa shape index (κ3) is 3.04. The van der Waals surface area contributed by atoms with Crippen LogP contribution in [-0.4, -0.2) is 68.0 Å². The SMILES string of the molecule is CN(C)CC1CCCN1C(=O)c1sc(N(C)C)nc1N. The van der Waals surface area contributed by atoms with E-state index >= 15 is 0 Å². The van der Waals surface area contributed by atoms with Crippen molar-refractivity contribution in [3.63, 3.8) is 0 Å². The average molecular weight is 297 g/mol. The van der Waals surface area contributed by atoms with Crippen molar-refractivity contribution in [2.75, 3.05) is 51.9 Å². The zero-order chi connectivity index (χ0) is 14.9. The van der Waals surface area contributed by atoms with E-state index < -0.39 is 0 Å². The lowest BCUT2D eigenvalue weighted by Gasteiger charge is -2.26. The van der Waals surface area contributed by atoms with Gasteiger partial charge < -0.3 is 20.4 Å². The minimum atomic E-state index is 0.0254. The third-order valence-corrected chi connectivity index (χ3v) is 4.66. The lowest BCUT2D eigenvalue weighted by atomic mass is 10.2. The van der Waals surface area contributed by atoms with E-state index in [0.717, 1.165) is 31.1 Å². The van der Waals surface area contributed by atoms with E-state index in [1.165, 1.54) is 11.3 Å². The molecule has 1 atom stereocenters. The lowest BCUT2D eigenvalue weighted by molar-refractivity contribution is 0.0722. The summed E-state index contributed by atoms with van der Waals surface area (Å²) in [5, 5.41) is 0.772. The number of rotatable bonds is 4. The van der Waals surface area contributed by atoms with Crippen molar-refractivity contribution < 1.29 is 4.79 Å². The summed E-state index contributed by atoms with van der Waals surface area (Å²) in [6.07, 6.45) is 2.12. The Kier molecular flexibility index (Phi) is 4.49. The Hall–Kier alpha value is -1.34. The molecule has 0 radical (unpaired) electrons. The van der Waals surface area contributed by atoms with Crippen LogP contribution in [0.2, 0.25) is 0 Å². The zero-order valence-corrected chi connectivity index (χ0v) is 13.4. The molecule has 0 saturated carbocycles. The second kappa shape index (κ2) is 5.97. The molecule has 1 aromatic heterocycles. The molecule has 1 aliphatic heterocycles. The molecule has 0 bridgehead atoms. The molecule has 0 aromatic carbocycles. The van der Waals surface area contributed by atoms with Crippen LogP contribution >= 0.6 is 11.3 Å². The first-order valence-electron chi connectivity index (χ1n) is 6.79. The molecule has 20 heavy (non-hydrogen) atoms. The van der Waals surface area contributed by atoms with Crippen LogP contribution < -0.4 is 10.6 Å². The van der Waals surface area contributed by atoms with Gasteiger partial charge in [0.1, 0.15) is 10.7 Å². The summed E-state index contributed by atoms with van der Waals surface area (Å²) < 4.78 is 0. The first-order chi connectivity index (χ1) is 9.40. The molecule has 0 spiro atoms. The third-order valence-electron chi connectivity index (χ3n) is 3.43. The number of carbonyl (C=O) groups is 1. The van der Waals surface area contributed by atoms with Gasteiger partial charge in [-0.3, -0.25) is 4.79 Å². The maximum absolute atomic E-state index is 12.7. The molecular formula is C13H23N5OS. The second-order valence-electron chi connectivity index (χ2n) is 5.66. The normalized spacial score (nSPS) is 18.9. The number of likely N-dealkylation sites (N-methyl/N-ethyl adjacent to an activating group) is 1. The van der Waals surface area contributed by atoms with Gasteiger partial charge in [-0.05, 0) is 26.9 Å². The molecule has 2 N–H and O–H groups in total. The van der Waals surface area contributed by atoms with Gasteiger partial charge >= 0.3 is 0 Å². The maximum Gasteiger partial charge on any atom is 0.268 e. The van der Waals surface area contributed by atoms with Gasteiger partial charge in [0.2, 0.25) is 0 Å². The predicted octanol–water partition coefficient (Wildman–Crippen LogP) is 0.958. The first kappa shape index (κ1) is 15.1. The number of likely N-dealkylation sites (tertiary alicyclic amines) is 1. The maximum atomic E-state index is 12.7. The molecule has 112 valence electrons. The van der Waals surface area contributed by atoms with Crippen molar-refractivity contribution in [1.29, 1.82) is 0 Å². The van der Waals surface area contributed by atoms with Crippen LogP contribution in [0.25, 0.3) is 0 Å². The van der Waals surface area contributed by atoms with Crippen molar-refractivity contribution in [2.45, 2.75) is 18.9 Å². The fourth-order valence-electron chi connectivity index (χ4n) is 2.51. The highest BCUT2D eigenvalue weighted by atomic mass is 32.1. The van der Waals surface area contributed by atoms with Gasteiger partial charge in [-0.25, -0.2) is 4.98 Å². The molecular weight excluding hydrogens is 274 g/mol. The first-order valence-corrected chi connectivity index (χ1v) is 7.61. The highest BCUT2D eigenvalue weighted by Gasteiger charge is 2.32. The van der Waals surface area contributed by atoms with E-state index in [-0.39, 0.29) is 11.9 Å².